The van der Waals surface area contributed by atoms with E-state index in [1.807, 2.05) is 0 Å². The van der Waals surface area contributed by atoms with Gasteiger partial charge in [0.1, 0.15) is 11.6 Å². The second-order valence-corrected chi connectivity index (χ2v) is 3.44. The Morgan fingerprint density at radius 2 is 1.87 bits per heavy atom. The molecule has 0 heterocycles. The Morgan fingerprint density at radius 1 is 1.07 bits per heavy atom. The first-order valence-corrected chi connectivity index (χ1v) is 4.67. The lowest BCUT2D eigenvalue weighted by Crippen LogP contribution is -1.87. The summed E-state index contributed by atoms with van der Waals surface area (Å²) in [6, 6.07) is 10.7. The van der Waals surface area contributed by atoms with Gasteiger partial charge in [-0.3, -0.25) is 0 Å². The van der Waals surface area contributed by atoms with E-state index >= 15 is 0 Å². The highest BCUT2D eigenvalue weighted by Crippen LogP contribution is 2.29. The first kappa shape index (κ1) is 10.1. The summed E-state index contributed by atoms with van der Waals surface area (Å²) in [6.07, 6.45) is 0. The number of halogens is 3. The van der Waals surface area contributed by atoms with Gasteiger partial charge in [0.25, 0.3) is 0 Å². The molecule has 15 heavy (non-hydrogen) atoms. The van der Waals surface area contributed by atoms with Crippen molar-refractivity contribution >= 4 is 11.6 Å². The molecule has 0 aliphatic carbocycles. The third-order valence-corrected chi connectivity index (χ3v) is 2.34. The van der Waals surface area contributed by atoms with Crippen LogP contribution in [0, 0.1) is 17.7 Å². The standard InChI is InChI=1S/C12H6ClF2/c13-11-4-2-1-3-9(11)10-7-8(14)5-6-12(10)15/h1,3-7H. The van der Waals surface area contributed by atoms with Crippen LogP contribution in [0.15, 0.2) is 36.4 Å². The van der Waals surface area contributed by atoms with E-state index in [-0.39, 0.29) is 5.56 Å². The van der Waals surface area contributed by atoms with Gasteiger partial charge in [0, 0.05) is 16.1 Å². The van der Waals surface area contributed by atoms with E-state index in [1.54, 1.807) is 12.1 Å². The molecule has 0 aromatic heterocycles. The van der Waals surface area contributed by atoms with Crippen molar-refractivity contribution in [3.8, 4) is 11.1 Å². The molecular weight excluding hydrogens is 218 g/mol. The molecule has 0 fully saturated rings. The minimum atomic E-state index is -0.496. The summed E-state index contributed by atoms with van der Waals surface area (Å²) in [5.74, 6) is -0.986. The molecule has 0 unspecified atom stereocenters. The van der Waals surface area contributed by atoms with Gasteiger partial charge in [-0.15, -0.1) is 0 Å². The third kappa shape index (κ3) is 2.00. The molecule has 0 nitrogen and oxygen atoms in total. The molecule has 0 atom stereocenters. The molecule has 0 saturated heterocycles. The Bertz CT molecular complexity index is 495. The van der Waals surface area contributed by atoms with Crippen LogP contribution in [0.25, 0.3) is 11.1 Å². The third-order valence-electron chi connectivity index (χ3n) is 2.03. The average Bonchev–Trinajstić information content (AvgIpc) is 2.23. The molecule has 0 spiro atoms. The van der Waals surface area contributed by atoms with Crippen molar-refractivity contribution in [2.45, 2.75) is 0 Å². The quantitative estimate of drug-likeness (QED) is 0.683. The summed E-state index contributed by atoms with van der Waals surface area (Å²) >= 11 is 5.86. The predicted octanol–water partition coefficient (Wildman–Crippen LogP) is 4.09. The average molecular weight is 224 g/mol. The van der Waals surface area contributed by atoms with Crippen LogP contribution >= 0.6 is 11.6 Å². The molecular formula is C12H6ClF2. The van der Waals surface area contributed by atoms with Gasteiger partial charge >= 0.3 is 0 Å². The first-order chi connectivity index (χ1) is 7.18. The maximum atomic E-state index is 13.4. The highest BCUT2D eigenvalue weighted by atomic mass is 35.5. The summed E-state index contributed by atoms with van der Waals surface area (Å²) in [7, 11) is 0. The van der Waals surface area contributed by atoms with Gasteiger partial charge in [-0.25, -0.2) is 8.78 Å². The zero-order valence-corrected chi connectivity index (χ0v) is 8.35. The highest BCUT2D eigenvalue weighted by molar-refractivity contribution is 6.33. The number of hydrogen-bond donors (Lipinski definition) is 0. The highest BCUT2D eigenvalue weighted by Gasteiger charge is 2.09. The van der Waals surface area contributed by atoms with Crippen LogP contribution < -0.4 is 0 Å². The number of benzene rings is 2. The Morgan fingerprint density at radius 3 is 2.60 bits per heavy atom. The summed E-state index contributed by atoms with van der Waals surface area (Å²) in [5.41, 5.74) is 0.626. The number of hydrogen-bond acceptors (Lipinski definition) is 0. The fourth-order valence-corrected chi connectivity index (χ4v) is 1.56. The molecule has 1 radical (unpaired) electrons. The predicted molar refractivity (Wildman–Crippen MR) is 55.6 cm³/mol. The van der Waals surface area contributed by atoms with Crippen molar-refractivity contribution < 1.29 is 8.78 Å². The van der Waals surface area contributed by atoms with Crippen LogP contribution in [0.4, 0.5) is 8.78 Å². The van der Waals surface area contributed by atoms with Crippen LogP contribution in [-0.4, -0.2) is 0 Å². The molecule has 0 bridgehead atoms. The van der Waals surface area contributed by atoms with Gasteiger partial charge in [-0.05, 0) is 30.3 Å². The second-order valence-electron chi connectivity index (χ2n) is 3.03. The largest absolute Gasteiger partial charge is 0.207 e. The Hall–Kier alpha value is -1.41. The van der Waals surface area contributed by atoms with Crippen molar-refractivity contribution in [2.75, 3.05) is 0 Å². The Kier molecular flexibility index (Phi) is 2.69. The molecule has 0 saturated carbocycles. The maximum absolute atomic E-state index is 13.4. The van der Waals surface area contributed by atoms with E-state index in [0.29, 0.717) is 10.6 Å². The van der Waals surface area contributed by atoms with Crippen LogP contribution in [0.1, 0.15) is 0 Å². The lowest BCUT2D eigenvalue weighted by Gasteiger charge is -2.05. The zero-order valence-electron chi connectivity index (χ0n) is 7.60. The summed E-state index contributed by atoms with van der Waals surface area (Å²) in [6.45, 7) is 0. The number of rotatable bonds is 1. The summed E-state index contributed by atoms with van der Waals surface area (Å²) in [4.78, 5) is 0. The minimum absolute atomic E-state index is 0.161. The molecule has 2 aromatic rings. The first-order valence-electron chi connectivity index (χ1n) is 4.29. The molecule has 3 heteroatoms. The monoisotopic (exact) mass is 223 g/mol. The topological polar surface area (TPSA) is 0 Å². The van der Waals surface area contributed by atoms with Crippen molar-refractivity contribution in [2.24, 2.45) is 0 Å². The SMILES string of the molecule is Fc1ccc(F)c(-c2cc[c]cc2Cl)c1. The molecule has 0 amide bonds. The van der Waals surface area contributed by atoms with Gasteiger partial charge in [0.2, 0.25) is 0 Å². The van der Waals surface area contributed by atoms with E-state index in [9.17, 15) is 8.78 Å². The van der Waals surface area contributed by atoms with E-state index < -0.39 is 11.6 Å². The summed E-state index contributed by atoms with van der Waals surface area (Å²) < 4.78 is 26.3. The molecule has 0 aliphatic rings. The van der Waals surface area contributed by atoms with Gasteiger partial charge < -0.3 is 0 Å². The fourth-order valence-electron chi connectivity index (χ4n) is 1.33. The smallest absolute Gasteiger partial charge is 0.131 e. The maximum Gasteiger partial charge on any atom is 0.131 e. The van der Waals surface area contributed by atoms with Crippen LogP contribution in [0.3, 0.4) is 0 Å². The van der Waals surface area contributed by atoms with E-state index in [4.69, 9.17) is 11.6 Å². The normalized spacial score (nSPS) is 10.3. The Balaban J connectivity index is 2.64. The van der Waals surface area contributed by atoms with Crippen molar-refractivity contribution in [1.82, 2.24) is 0 Å². The van der Waals surface area contributed by atoms with Crippen molar-refractivity contribution in [3.63, 3.8) is 0 Å². The second kappa shape index (κ2) is 3.99. The Labute approximate surface area is 91.1 Å². The molecule has 2 aromatic carbocycles. The minimum Gasteiger partial charge on any atom is -0.207 e. The summed E-state index contributed by atoms with van der Waals surface area (Å²) in [5, 5.41) is 0.349. The fraction of sp³-hybridized carbons (Fsp3) is 0. The van der Waals surface area contributed by atoms with Gasteiger partial charge in [-0.1, -0.05) is 23.7 Å². The molecule has 0 aliphatic heterocycles. The molecule has 2 rings (SSSR count). The lowest BCUT2D eigenvalue weighted by atomic mass is 10.1. The van der Waals surface area contributed by atoms with E-state index in [1.165, 1.54) is 6.07 Å². The van der Waals surface area contributed by atoms with Gasteiger partial charge in [0.15, 0.2) is 0 Å². The van der Waals surface area contributed by atoms with Crippen molar-refractivity contribution in [3.05, 3.63) is 59.1 Å². The van der Waals surface area contributed by atoms with Crippen molar-refractivity contribution in [1.29, 1.82) is 0 Å². The molecule has 0 N–H and O–H groups in total. The van der Waals surface area contributed by atoms with Gasteiger partial charge in [0.05, 0.1) is 0 Å². The zero-order chi connectivity index (χ0) is 10.8. The van der Waals surface area contributed by atoms with Crippen LogP contribution in [0.2, 0.25) is 5.02 Å². The van der Waals surface area contributed by atoms with Gasteiger partial charge in [-0.2, -0.15) is 0 Å². The van der Waals surface area contributed by atoms with E-state index in [2.05, 4.69) is 6.07 Å². The van der Waals surface area contributed by atoms with Crippen LogP contribution in [0.5, 0.6) is 0 Å². The van der Waals surface area contributed by atoms with Crippen LogP contribution in [-0.2, 0) is 0 Å². The lowest BCUT2D eigenvalue weighted by molar-refractivity contribution is 0.603. The van der Waals surface area contributed by atoms with E-state index in [0.717, 1.165) is 18.2 Å². The molecule has 75 valence electrons.